The number of rotatable bonds is 2. The van der Waals surface area contributed by atoms with Gasteiger partial charge in [0.1, 0.15) is 0 Å². The van der Waals surface area contributed by atoms with Crippen molar-refractivity contribution in [2.24, 2.45) is 11.8 Å². The Balaban J connectivity index is 3.03. The van der Waals surface area contributed by atoms with Crippen LogP contribution in [0.15, 0.2) is 22.3 Å². The van der Waals surface area contributed by atoms with E-state index in [1.54, 1.807) is 0 Å². The summed E-state index contributed by atoms with van der Waals surface area (Å²) in [6.07, 6.45) is 0. The van der Waals surface area contributed by atoms with Crippen LogP contribution in [-0.2, 0) is 0 Å². The lowest BCUT2D eigenvalue weighted by Crippen LogP contribution is -2.10. The molecule has 0 spiro atoms. The lowest BCUT2D eigenvalue weighted by Gasteiger charge is -2.17. The van der Waals surface area contributed by atoms with Gasteiger partial charge in [-0.15, -0.1) is 0 Å². The van der Waals surface area contributed by atoms with Crippen LogP contribution in [-0.4, -0.2) is 11.7 Å². The highest BCUT2D eigenvalue weighted by atomic mass is 16.3. The van der Waals surface area contributed by atoms with Crippen molar-refractivity contribution in [2.75, 3.05) is 6.61 Å². The molecule has 74 valence electrons. The van der Waals surface area contributed by atoms with Crippen LogP contribution in [0.4, 0.5) is 0 Å². The second kappa shape index (κ2) is 3.67. The summed E-state index contributed by atoms with van der Waals surface area (Å²) < 4.78 is 0. The minimum Gasteiger partial charge on any atom is -0.396 e. The lowest BCUT2D eigenvalue weighted by molar-refractivity contribution is 0.251. The molecular formula is C12H20O. The minimum atomic E-state index is 0.261. The van der Waals surface area contributed by atoms with E-state index in [-0.39, 0.29) is 6.61 Å². The van der Waals surface area contributed by atoms with Crippen LogP contribution < -0.4 is 0 Å². The molecule has 0 saturated heterocycles. The van der Waals surface area contributed by atoms with E-state index < -0.39 is 0 Å². The van der Waals surface area contributed by atoms with Gasteiger partial charge in [-0.25, -0.2) is 0 Å². The molecule has 0 aromatic rings. The van der Waals surface area contributed by atoms with E-state index in [1.165, 1.54) is 22.3 Å². The molecule has 0 aromatic carbocycles. The van der Waals surface area contributed by atoms with Crippen LogP contribution in [0, 0.1) is 11.8 Å². The predicted octanol–water partition coefficient (Wildman–Crippen LogP) is 2.92. The average Bonchev–Trinajstić information content (AvgIpc) is 2.30. The first kappa shape index (κ1) is 10.5. The molecule has 0 bridgehead atoms. The molecule has 2 atom stereocenters. The highest BCUT2D eigenvalue weighted by molar-refractivity contribution is 5.47. The zero-order valence-electron chi connectivity index (χ0n) is 9.31. The van der Waals surface area contributed by atoms with Crippen molar-refractivity contribution in [1.29, 1.82) is 0 Å². The molecule has 0 fully saturated rings. The van der Waals surface area contributed by atoms with Gasteiger partial charge in [0.25, 0.3) is 0 Å². The van der Waals surface area contributed by atoms with Gasteiger partial charge >= 0.3 is 0 Å². The molecule has 0 aliphatic heterocycles. The molecule has 1 aliphatic carbocycles. The Morgan fingerprint density at radius 2 is 1.77 bits per heavy atom. The summed E-state index contributed by atoms with van der Waals surface area (Å²) >= 11 is 0. The van der Waals surface area contributed by atoms with Gasteiger partial charge in [-0.3, -0.25) is 0 Å². The van der Waals surface area contributed by atoms with Crippen LogP contribution in [0.3, 0.4) is 0 Å². The third kappa shape index (κ3) is 1.58. The topological polar surface area (TPSA) is 20.2 Å². The van der Waals surface area contributed by atoms with Crippen LogP contribution in [0.2, 0.25) is 0 Å². The van der Waals surface area contributed by atoms with E-state index in [9.17, 15) is 0 Å². The fourth-order valence-electron chi connectivity index (χ4n) is 2.29. The molecule has 0 heterocycles. The Bertz CT molecular complexity index is 271. The van der Waals surface area contributed by atoms with Gasteiger partial charge in [0.05, 0.1) is 0 Å². The molecule has 1 aliphatic rings. The molecule has 1 nitrogen and oxygen atoms in total. The molecule has 1 N–H and O–H groups in total. The highest BCUT2D eigenvalue weighted by Crippen LogP contribution is 2.39. The Morgan fingerprint density at radius 3 is 2.08 bits per heavy atom. The van der Waals surface area contributed by atoms with Gasteiger partial charge in [0.2, 0.25) is 0 Å². The van der Waals surface area contributed by atoms with E-state index in [4.69, 9.17) is 5.11 Å². The monoisotopic (exact) mass is 180 g/mol. The first-order valence-corrected chi connectivity index (χ1v) is 5.00. The van der Waals surface area contributed by atoms with E-state index in [1.807, 2.05) is 0 Å². The SMILES string of the molecule is CC1=C(C)C(C)C(C(C)CO)=C1C. The third-order valence-corrected chi connectivity index (χ3v) is 3.51. The average molecular weight is 180 g/mol. The summed E-state index contributed by atoms with van der Waals surface area (Å²) in [6, 6.07) is 0. The van der Waals surface area contributed by atoms with E-state index in [0.717, 1.165) is 0 Å². The lowest BCUT2D eigenvalue weighted by atomic mass is 9.89. The van der Waals surface area contributed by atoms with Crippen molar-refractivity contribution in [3.63, 3.8) is 0 Å². The van der Waals surface area contributed by atoms with E-state index >= 15 is 0 Å². The number of allylic oxidation sites excluding steroid dienone is 3. The Hall–Kier alpha value is -0.560. The van der Waals surface area contributed by atoms with E-state index in [2.05, 4.69) is 34.6 Å². The maximum Gasteiger partial charge on any atom is 0.0494 e. The standard InChI is InChI=1S/C12H20O/c1-7(6-13)12-10(4)8(2)9(3)11(12)5/h7,10,13H,6H2,1-5H3. The smallest absolute Gasteiger partial charge is 0.0494 e. The predicted molar refractivity (Wildman–Crippen MR) is 56.5 cm³/mol. The molecule has 0 amide bonds. The fourth-order valence-corrected chi connectivity index (χ4v) is 2.29. The molecular weight excluding hydrogens is 160 g/mol. The van der Waals surface area contributed by atoms with Gasteiger partial charge in [-0.2, -0.15) is 0 Å². The Morgan fingerprint density at radius 1 is 1.23 bits per heavy atom. The summed E-state index contributed by atoms with van der Waals surface area (Å²) in [5, 5.41) is 9.15. The summed E-state index contributed by atoms with van der Waals surface area (Å²) in [5.41, 5.74) is 5.71. The summed E-state index contributed by atoms with van der Waals surface area (Å²) in [7, 11) is 0. The summed E-state index contributed by atoms with van der Waals surface area (Å²) in [5.74, 6) is 0.838. The number of aliphatic hydroxyl groups excluding tert-OH is 1. The maximum absolute atomic E-state index is 9.15. The summed E-state index contributed by atoms with van der Waals surface area (Å²) in [4.78, 5) is 0. The minimum absolute atomic E-state index is 0.261. The van der Waals surface area contributed by atoms with Gasteiger partial charge in [0.15, 0.2) is 0 Å². The van der Waals surface area contributed by atoms with Gasteiger partial charge < -0.3 is 5.11 Å². The molecule has 13 heavy (non-hydrogen) atoms. The van der Waals surface area contributed by atoms with Crippen LogP contribution in [0.5, 0.6) is 0 Å². The van der Waals surface area contributed by atoms with Crippen molar-refractivity contribution in [1.82, 2.24) is 0 Å². The second-order valence-electron chi connectivity index (χ2n) is 4.19. The van der Waals surface area contributed by atoms with Crippen molar-refractivity contribution in [3.8, 4) is 0 Å². The Kier molecular flexibility index (Phi) is 2.97. The quantitative estimate of drug-likeness (QED) is 0.692. The van der Waals surface area contributed by atoms with Crippen LogP contribution >= 0.6 is 0 Å². The van der Waals surface area contributed by atoms with E-state index in [0.29, 0.717) is 11.8 Å². The largest absolute Gasteiger partial charge is 0.396 e. The molecule has 2 unspecified atom stereocenters. The van der Waals surface area contributed by atoms with Gasteiger partial charge in [0, 0.05) is 12.5 Å². The Labute approximate surface area is 81.2 Å². The van der Waals surface area contributed by atoms with Gasteiger partial charge in [-0.05, 0) is 37.8 Å². The normalized spacial score (nSPS) is 25.8. The first-order valence-electron chi connectivity index (χ1n) is 5.00. The van der Waals surface area contributed by atoms with Crippen molar-refractivity contribution < 1.29 is 5.11 Å². The van der Waals surface area contributed by atoms with Gasteiger partial charge in [-0.1, -0.05) is 25.0 Å². The maximum atomic E-state index is 9.15. The molecule has 1 rings (SSSR count). The van der Waals surface area contributed by atoms with Crippen LogP contribution in [0.25, 0.3) is 0 Å². The van der Waals surface area contributed by atoms with Crippen LogP contribution in [0.1, 0.15) is 34.6 Å². The first-order chi connectivity index (χ1) is 6.00. The third-order valence-electron chi connectivity index (χ3n) is 3.51. The molecule has 1 heteroatoms. The molecule has 0 radical (unpaired) electrons. The van der Waals surface area contributed by atoms with Crippen molar-refractivity contribution in [2.45, 2.75) is 34.6 Å². The zero-order valence-corrected chi connectivity index (χ0v) is 9.31. The fraction of sp³-hybridized carbons (Fsp3) is 0.667. The highest BCUT2D eigenvalue weighted by Gasteiger charge is 2.26. The molecule has 0 aromatic heterocycles. The molecule has 0 saturated carbocycles. The number of aliphatic hydroxyl groups is 1. The second-order valence-corrected chi connectivity index (χ2v) is 4.19. The van der Waals surface area contributed by atoms with Crippen molar-refractivity contribution in [3.05, 3.63) is 22.3 Å². The summed E-state index contributed by atoms with van der Waals surface area (Å²) in [6.45, 7) is 11.1. The number of hydrogen-bond donors (Lipinski definition) is 1. The van der Waals surface area contributed by atoms with Crippen molar-refractivity contribution >= 4 is 0 Å². The number of hydrogen-bond acceptors (Lipinski definition) is 1. The zero-order chi connectivity index (χ0) is 10.2.